The number of nitrogens with zero attached hydrogens (tertiary/aromatic N) is 1. The third kappa shape index (κ3) is 2.87. The number of aromatic nitrogens is 1. The molecule has 1 aromatic heterocycles. The van der Waals surface area contributed by atoms with E-state index in [1.54, 1.807) is 30.6 Å². The molecule has 0 aliphatic heterocycles. The lowest BCUT2D eigenvalue weighted by Gasteiger charge is -2.09. The minimum atomic E-state index is -0.520. The minimum absolute atomic E-state index is 0.348. The van der Waals surface area contributed by atoms with E-state index >= 15 is 0 Å². The molecule has 92 valence electrons. The van der Waals surface area contributed by atoms with Crippen LogP contribution < -0.4 is 10.5 Å². The molecule has 2 aromatic rings. The lowest BCUT2D eigenvalue weighted by Crippen LogP contribution is -2.12. The second-order valence-corrected chi connectivity index (χ2v) is 4.72. The Morgan fingerprint density at radius 1 is 1.33 bits per heavy atom. The summed E-state index contributed by atoms with van der Waals surface area (Å²) in [6.07, 6.45) is 3.22. The van der Waals surface area contributed by atoms with E-state index in [0.29, 0.717) is 17.1 Å². The monoisotopic (exact) mass is 306 g/mol. The van der Waals surface area contributed by atoms with Gasteiger partial charge in [0.15, 0.2) is 0 Å². The molecule has 0 saturated carbocycles. The SMILES string of the molecule is Cc1ccc(C(N)=O)c(Oc2cncc(Br)c2)c1. The zero-order valence-corrected chi connectivity index (χ0v) is 11.3. The summed E-state index contributed by atoms with van der Waals surface area (Å²) in [6, 6.07) is 6.99. The number of hydrogen-bond donors (Lipinski definition) is 1. The van der Waals surface area contributed by atoms with Crippen molar-refractivity contribution in [3.05, 3.63) is 52.3 Å². The number of amides is 1. The molecule has 0 aliphatic rings. The van der Waals surface area contributed by atoms with Crippen LogP contribution in [-0.2, 0) is 0 Å². The summed E-state index contributed by atoms with van der Waals surface area (Å²) in [5, 5.41) is 0. The molecule has 1 aromatic carbocycles. The van der Waals surface area contributed by atoms with Gasteiger partial charge in [-0.25, -0.2) is 0 Å². The van der Waals surface area contributed by atoms with E-state index in [1.165, 1.54) is 0 Å². The number of primary amides is 1. The third-order valence-electron chi connectivity index (χ3n) is 2.31. The van der Waals surface area contributed by atoms with Crippen molar-refractivity contribution >= 4 is 21.8 Å². The van der Waals surface area contributed by atoms with Crippen LogP contribution in [0.3, 0.4) is 0 Å². The topological polar surface area (TPSA) is 65.2 Å². The van der Waals surface area contributed by atoms with Crippen molar-refractivity contribution in [3.63, 3.8) is 0 Å². The number of nitrogens with two attached hydrogens (primary N) is 1. The molecular weight excluding hydrogens is 296 g/mol. The van der Waals surface area contributed by atoms with Crippen LogP contribution in [0.1, 0.15) is 15.9 Å². The molecule has 0 spiro atoms. The number of hydrogen-bond acceptors (Lipinski definition) is 3. The zero-order chi connectivity index (χ0) is 13.1. The van der Waals surface area contributed by atoms with E-state index in [2.05, 4.69) is 20.9 Å². The Morgan fingerprint density at radius 2 is 2.11 bits per heavy atom. The smallest absolute Gasteiger partial charge is 0.252 e. The van der Waals surface area contributed by atoms with Gasteiger partial charge in [-0.1, -0.05) is 6.07 Å². The van der Waals surface area contributed by atoms with Crippen LogP contribution in [0.2, 0.25) is 0 Å². The van der Waals surface area contributed by atoms with Gasteiger partial charge in [0.2, 0.25) is 0 Å². The fourth-order valence-corrected chi connectivity index (χ4v) is 1.84. The summed E-state index contributed by atoms with van der Waals surface area (Å²) in [5.41, 5.74) is 6.64. The number of ether oxygens (including phenoxy) is 1. The Morgan fingerprint density at radius 3 is 2.78 bits per heavy atom. The molecule has 18 heavy (non-hydrogen) atoms. The normalized spacial score (nSPS) is 10.1. The first-order valence-electron chi connectivity index (χ1n) is 5.25. The highest BCUT2D eigenvalue weighted by atomic mass is 79.9. The molecule has 0 atom stereocenters. The van der Waals surface area contributed by atoms with Gasteiger partial charge >= 0.3 is 0 Å². The standard InChI is InChI=1S/C13H11BrN2O2/c1-8-2-3-11(13(15)17)12(4-8)18-10-5-9(14)6-16-7-10/h2-7H,1H3,(H2,15,17). The number of aryl methyl sites for hydroxylation is 1. The molecule has 1 amide bonds. The number of carbonyl (C=O) groups excluding carboxylic acids is 1. The van der Waals surface area contributed by atoms with E-state index in [1.807, 2.05) is 13.0 Å². The van der Waals surface area contributed by atoms with Crippen LogP contribution in [0.4, 0.5) is 0 Å². The predicted molar refractivity (Wildman–Crippen MR) is 71.7 cm³/mol. The molecule has 0 fully saturated rings. The molecule has 4 nitrogen and oxygen atoms in total. The largest absolute Gasteiger partial charge is 0.455 e. The summed E-state index contributed by atoms with van der Waals surface area (Å²) in [4.78, 5) is 15.3. The quantitative estimate of drug-likeness (QED) is 0.948. The first-order chi connectivity index (χ1) is 8.56. The van der Waals surface area contributed by atoms with Crippen LogP contribution in [0, 0.1) is 6.92 Å². The van der Waals surface area contributed by atoms with Gasteiger partial charge in [-0.15, -0.1) is 0 Å². The van der Waals surface area contributed by atoms with E-state index in [4.69, 9.17) is 10.5 Å². The fraction of sp³-hybridized carbons (Fsp3) is 0.0769. The highest BCUT2D eigenvalue weighted by Crippen LogP contribution is 2.27. The average Bonchev–Trinajstić information content (AvgIpc) is 2.28. The van der Waals surface area contributed by atoms with Crippen molar-refractivity contribution in [1.82, 2.24) is 4.98 Å². The van der Waals surface area contributed by atoms with E-state index in [-0.39, 0.29) is 0 Å². The number of pyridine rings is 1. The molecule has 0 bridgehead atoms. The highest BCUT2D eigenvalue weighted by molar-refractivity contribution is 9.10. The summed E-state index contributed by atoms with van der Waals surface area (Å²) in [7, 11) is 0. The van der Waals surface area contributed by atoms with Gasteiger partial charge in [0.05, 0.1) is 11.8 Å². The van der Waals surface area contributed by atoms with Crippen LogP contribution in [0.5, 0.6) is 11.5 Å². The fourth-order valence-electron chi connectivity index (χ4n) is 1.49. The first kappa shape index (κ1) is 12.6. The Balaban J connectivity index is 2.39. The predicted octanol–water partition coefficient (Wildman–Crippen LogP) is 3.04. The second kappa shape index (κ2) is 5.18. The van der Waals surface area contributed by atoms with Crippen LogP contribution >= 0.6 is 15.9 Å². The Labute approximate surface area is 113 Å². The van der Waals surface area contributed by atoms with Crippen molar-refractivity contribution in [2.24, 2.45) is 5.73 Å². The first-order valence-corrected chi connectivity index (χ1v) is 6.04. The van der Waals surface area contributed by atoms with Gasteiger partial charge in [-0.2, -0.15) is 0 Å². The van der Waals surface area contributed by atoms with Gasteiger partial charge < -0.3 is 10.5 Å². The maximum absolute atomic E-state index is 11.3. The summed E-state index contributed by atoms with van der Waals surface area (Å²) >= 11 is 3.30. The van der Waals surface area contributed by atoms with E-state index < -0.39 is 5.91 Å². The maximum Gasteiger partial charge on any atom is 0.252 e. The minimum Gasteiger partial charge on any atom is -0.455 e. The number of benzene rings is 1. The second-order valence-electron chi connectivity index (χ2n) is 3.80. The van der Waals surface area contributed by atoms with Crippen molar-refractivity contribution in [2.45, 2.75) is 6.92 Å². The van der Waals surface area contributed by atoms with Crippen molar-refractivity contribution < 1.29 is 9.53 Å². The summed E-state index contributed by atoms with van der Waals surface area (Å²) in [5.74, 6) is 0.452. The molecule has 1 heterocycles. The van der Waals surface area contributed by atoms with Crippen molar-refractivity contribution in [2.75, 3.05) is 0 Å². The zero-order valence-electron chi connectivity index (χ0n) is 9.68. The maximum atomic E-state index is 11.3. The van der Waals surface area contributed by atoms with Gasteiger partial charge in [0.1, 0.15) is 11.5 Å². The Bertz CT molecular complexity index is 599. The van der Waals surface area contributed by atoms with Crippen LogP contribution in [0.15, 0.2) is 41.1 Å². The number of halogens is 1. The molecular formula is C13H11BrN2O2. The van der Waals surface area contributed by atoms with Crippen LogP contribution in [0.25, 0.3) is 0 Å². The molecule has 2 rings (SSSR count). The third-order valence-corrected chi connectivity index (χ3v) is 2.74. The number of rotatable bonds is 3. The summed E-state index contributed by atoms with van der Waals surface area (Å²) < 4.78 is 6.44. The van der Waals surface area contributed by atoms with Crippen LogP contribution in [-0.4, -0.2) is 10.9 Å². The van der Waals surface area contributed by atoms with E-state index in [0.717, 1.165) is 10.0 Å². The van der Waals surface area contributed by atoms with Crippen molar-refractivity contribution in [1.29, 1.82) is 0 Å². The molecule has 0 aliphatic carbocycles. The van der Waals surface area contributed by atoms with Gasteiger partial charge in [0.25, 0.3) is 5.91 Å². The van der Waals surface area contributed by atoms with Gasteiger partial charge in [-0.05, 0) is 46.6 Å². The Hall–Kier alpha value is -1.88. The highest BCUT2D eigenvalue weighted by Gasteiger charge is 2.10. The molecule has 5 heteroatoms. The summed E-state index contributed by atoms with van der Waals surface area (Å²) in [6.45, 7) is 1.91. The lowest BCUT2D eigenvalue weighted by molar-refractivity contribution is 0.0998. The van der Waals surface area contributed by atoms with Crippen molar-refractivity contribution in [3.8, 4) is 11.5 Å². The average molecular weight is 307 g/mol. The van der Waals surface area contributed by atoms with Gasteiger partial charge in [-0.3, -0.25) is 9.78 Å². The number of carbonyl (C=O) groups is 1. The molecule has 0 saturated heterocycles. The lowest BCUT2D eigenvalue weighted by atomic mass is 10.1. The van der Waals surface area contributed by atoms with Gasteiger partial charge in [0, 0.05) is 10.7 Å². The van der Waals surface area contributed by atoms with E-state index in [9.17, 15) is 4.79 Å². The molecule has 0 radical (unpaired) electrons. The Kier molecular flexibility index (Phi) is 3.62. The molecule has 0 unspecified atom stereocenters. The molecule has 2 N–H and O–H groups in total.